The lowest BCUT2D eigenvalue weighted by molar-refractivity contribution is 0.0666. The van der Waals surface area contributed by atoms with Crippen molar-refractivity contribution in [3.63, 3.8) is 0 Å². The summed E-state index contributed by atoms with van der Waals surface area (Å²) in [5.41, 5.74) is 0.967. The van der Waals surface area contributed by atoms with E-state index in [1.807, 2.05) is 41.3 Å². The zero-order valence-corrected chi connectivity index (χ0v) is 14.3. The van der Waals surface area contributed by atoms with Crippen LogP contribution in [0.25, 0.3) is 0 Å². The Morgan fingerprint density at radius 3 is 2.74 bits per heavy atom. The average Bonchev–Trinajstić information content (AvgIpc) is 2.61. The number of piperidine rings is 1. The van der Waals surface area contributed by atoms with Gasteiger partial charge >= 0.3 is 6.03 Å². The van der Waals surface area contributed by atoms with Gasteiger partial charge in [-0.3, -0.25) is 0 Å². The van der Waals surface area contributed by atoms with Gasteiger partial charge in [0.05, 0.1) is 6.10 Å². The number of urea groups is 1. The third kappa shape index (κ3) is 5.59. The Morgan fingerprint density at radius 2 is 2.09 bits per heavy atom. The highest BCUT2D eigenvalue weighted by molar-refractivity contribution is 7.99. The second-order valence-corrected chi connectivity index (χ2v) is 6.93. The van der Waals surface area contributed by atoms with Crippen LogP contribution >= 0.6 is 11.8 Å². The summed E-state index contributed by atoms with van der Waals surface area (Å²) < 4.78 is 0. The normalized spacial score (nSPS) is 16.8. The molecule has 0 bridgehead atoms. The molecule has 1 fully saturated rings. The van der Waals surface area contributed by atoms with E-state index in [0.29, 0.717) is 19.6 Å². The number of rotatable bonds is 7. The van der Waals surface area contributed by atoms with Crippen LogP contribution in [0.5, 0.6) is 0 Å². The molecule has 2 N–H and O–H groups in total. The van der Waals surface area contributed by atoms with Gasteiger partial charge in [-0.1, -0.05) is 36.4 Å². The number of aliphatic hydroxyl groups excluding tert-OH is 1. The molecule has 1 atom stereocenters. The summed E-state index contributed by atoms with van der Waals surface area (Å²) in [5.74, 6) is 2.05. The van der Waals surface area contributed by atoms with E-state index in [1.54, 1.807) is 11.8 Å². The second-order valence-electron chi connectivity index (χ2n) is 5.78. The van der Waals surface area contributed by atoms with Gasteiger partial charge in [0.2, 0.25) is 0 Å². The molecule has 0 spiro atoms. The van der Waals surface area contributed by atoms with Gasteiger partial charge in [-0.05, 0) is 24.3 Å². The van der Waals surface area contributed by atoms with Crippen molar-refractivity contribution < 1.29 is 9.90 Å². The van der Waals surface area contributed by atoms with Gasteiger partial charge in [0, 0.05) is 31.1 Å². The number of thioether (sulfide) groups is 1. The van der Waals surface area contributed by atoms with Crippen LogP contribution in [0, 0.1) is 5.92 Å². The van der Waals surface area contributed by atoms with E-state index in [9.17, 15) is 9.90 Å². The first kappa shape index (κ1) is 17.9. The molecule has 2 rings (SSSR count). The monoisotopic (exact) mass is 334 g/mol. The van der Waals surface area contributed by atoms with Crippen molar-refractivity contribution in [2.75, 3.05) is 31.1 Å². The Hall–Kier alpha value is -1.46. The number of amides is 2. The molecule has 126 valence electrons. The first-order valence-corrected chi connectivity index (χ1v) is 9.32. The fourth-order valence-corrected chi connectivity index (χ4v) is 3.43. The van der Waals surface area contributed by atoms with Gasteiger partial charge < -0.3 is 15.3 Å². The van der Waals surface area contributed by atoms with Gasteiger partial charge in [0.15, 0.2) is 0 Å². The molecule has 23 heavy (non-hydrogen) atoms. The van der Waals surface area contributed by atoms with Crippen LogP contribution in [-0.4, -0.2) is 47.2 Å². The number of hydrogen-bond acceptors (Lipinski definition) is 3. The molecule has 4 nitrogen and oxygen atoms in total. The Balaban J connectivity index is 1.71. The average molecular weight is 334 g/mol. The van der Waals surface area contributed by atoms with Gasteiger partial charge in [0.1, 0.15) is 0 Å². The van der Waals surface area contributed by atoms with E-state index >= 15 is 0 Å². The van der Waals surface area contributed by atoms with Crippen molar-refractivity contribution in [3.05, 3.63) is 48.6 Å². The summed E-state index contributed by atoms with van der Waals surface area (Å²) in [5, 5.41) is 13.4. The molecular weight excluding hydrogens is 308 g/mol. The summed E-state index contributed by atoms with van der Waals surface area (Å²) in [4.78, 5) is 14.0. The zero-order chi connectivity index (χ0) is 16.5. The maximum Gasteiger partial charge on any atom is 0.317 e. The molecule has 1 heterocycles. The summed E-state index contributed by atoms with van der Waals surface area (Å²) in [6, 6.07) is 9.79. The molecule has 2 amide bonds. The number of nitrogens with one attached hydrogen (secondary N) is 1. The van der Waals surface area contributed by atoms with Crippen LogP contribution in [0.15, 0.2) is 43.0 Å². The van der Waals surface area contributed by atoms with Crippen molar-refractivity contribution in [1.82, 2.24) is 10.2 Å². The van der Waals surface area contributed by atoms with Crippen molar-refractivity contribution in [2.45, 2.75) is 18.9 Å². The van der Waals surface area contributed by atoms with Crippen molar-refractivity contribution in [1.29, 1.82) is 0 Å². The molecule has 1 aliphatic heterocycles. The maximum atomic E-state index is 12.1. The van der Waals surface area contributed by atoms with Gasteiger partial charge in [-0.2, -0.15) is 11.8 Å². The van der Waals surface area contributed by atoms with Crippen molar-refractivity contribution >= 4 is 17.8 Å². The number of nitrogens with zero attached hydrogens (tertiary/aromatic N) is 1. The molecule has 0 saturated carbocycles. The number of carbonyl (C=O) groups is 1. The lowest BCUT2D eigenvalue weighted by atomic mass is 9.87. The van der Waals surface area contributed by atoms with Crippen molar-refractivity contribution in [3.8, 4) is 0 Å². The maximum absolute atomic E-state index is 12.1. The molecule has 5 heteroatoms. The number of likely N-dealkylation sites (tertiary alicyclic amines) is 1. The van der Waals surface area contributed by atoms with Crippen LogP contribution < -0.4 is 5.32 Å². The quantitative estimate of drug-likeness (QED) is 0.595. The smallest absolute Gasteiger partial charge is 0.317 e. The highest BCUT2D eigenvalue weighted by atomic mass is 32.2. The molecule has 0 aromatic heterocycles. The second kappa shape index (κ2) is 9.63. The highest BCUT2D eigenvalue weighted by Crippen LogP contribution is 2.30. The molecule has 1 aromatic carbocycles. The number of benzene rings is 1. The third-order valence-corrected chi connectivity index (χ3v) is 5.14. The SMILES string of the molecule is C=CCSCCNC(=O)N1CCC(C(O)c2ccccc2)CC1. The van der Waals surface area contributed by atoms with E-state index < -0.39 is 6.10 Å². The molecule has 0 radical (unpaired) electrons. The van der Waals surface area contributed by atoms with Gasteiger partial charge in [0.25, 0.3) is 0 Å². The van der Waals surface area contributed by atoms with Crippen LogP contribution in [-0.2, 0) is 0 Å². The summed E-state index contributed by atoms with van der Waals surface area (Å²) in [7, 11) is 0. The summed E-state index contributed by atoms with van der Waals surface area (Å²) in [6.45, 7) is 5.77. The molecule has 1 saturated heterocycles. The minimum atomic E-state index is -0.434. The molecule has 0 aliphatic carbocycles. The van der Waals surface area contributed by atoms with Crippen LogP contribution in [0.2, 0.25) is 0 Å². The van der Waals surface area contributed by atoms with Crippen LogP contribution in [0.1, 0.15) is 24.5 Å². The minimum absolute atomic E-state index is 0.0110. The fourth-order valence-electron chi connectivity index (χ4n) is 2.85. The standard InChI is InChI=1S/C18H26N2O2S/c1-2-13-23-14-10-19-18(22)20-11-8-16(9-12-20)17(21)15-6-4-3-5-7-15/h2-7,16-17,21H,1,8-14H2,(H,19,22). The van der Waals surface area contributed by atoms with E-state index in [-0.39, 0.29) is 11.9 Å². The van der Waals surface area contributed by atoms with Crippen LogP contribution in [0.3, 0.4) is 0 Å². The fraction of sp³-hybridized carbons (Fsp3) is 0.500. The molecule has 1 aliphatic rings. The van der Waals surface area contributed by atoms with E-state index in [1.165, 1.54) is 0 Å². The summed E-state index contributed by atoms with van der Waals surface area (Å²) >= 11 is 1.76. The predicted molar refractivity (Wildman–Crippen MR) is 96.6 cm³/mol. The molecule has 1 aromatic rings. The molecular formula is C18H26N2O2S. The number of hydrogen-bond donors (Lipinski definition) is 2. The Kier molecular flexibility index (Phi) is 7.49. The van der Waals surface area contributed by atoms with Crippen molar-refractivity contribution in [2.24, 2.45) is 5.92 Å². The van der Waals surface area contributed by atoms with E-state index in [4.69, 9.17) is 0 Å². The third-order valence-electron chi connectivity index (χ3n) is 4.17. The zero-order valence-electron chi connectivity index (χ0n) is 13.5. The lowest BCUT2D eigenvalue weighted by Crippen LogP contribution is -2.45. The first-order valence-electron chi connectivity index (χ1n) is 8.16. The highest BCUT2D eigenvalue weighted by Gasteiger charge is 2.27. The number of carbonyl (C=O) groups excluding carboxylic acids is 1. The molecule has 1 unspecified atom stereocenters. The van der Waals surface area contributed by atoms with E-state index in [0.717, 1.165) is 29.9 Å². The predicted octanol–water partition coefficient (Wildman–Crippen LogP) is 3.06. The van der Waals surface area contributed by atoms with E-state index in [2.05, 4.69) is 11.9 Å². The van der Waals surface area contributed by atoms with Gasteiger partial charge in [-0.15, -0.1) is 6.58 Å². The largest absolute Gasteiger partial charge is 0.388 e. The van der Waals surface area contributed by atoms with Gasteiger partial charge in [-0.25, -0.2) is 4.79 Å². The van der Waals surface area contributed by atoms with Crippen LogP contribution in [0.4, 0.5) is 4.79 Å². The number of aliphatic hydroxyl groups is 1. The Bertz CT molecular complexity index is 487. The minimum Gasteiger partial charge on any atom is -0.388 e. The Labute approximate surface area is 143 Å². The summed E-state index contributed by atoms with van der Waals surface area (Å²) in [6.07, 6.45) is 3.12. The lowest BCUT2D eigenvalue weighted by Gasteiger charge is -2.34. The topological polar surface area (TPSA) is 52.6 Å². The Morgan fingerprint density at radius 1 is 1.39 bits per heavy atom. The first-order chi connectivity index (χ1) is 11.2.